The van der Waals surface area contributed by atoms with Crippen molar-refractivity contribution in [3.63, 3.8) is 0 Å². The fourth-order valence-electron chi connectivity index (χ4n) is 3.78. The molecule has 4 rings (SSSR count). The van der Waals surface area contributed by atoms with Gasteiger partial charge in [0, 0.05) is 44.0 Å². The number of fused-ring (bicyclic) bond motifs is 2. The van der Waals surface area contributed by atoms with Gasteiger partial charge in [-0.25, -0.2) is 4.98 Å². The van der Waals surface area contributed by atoms with Gasteiger partial charge in [-0.1, -0.05) is 35.9 Å². The second-order valence-electron chi connectivity index (χ2n) is 7.56. The number of halogens is 1. The van der Waals surface area contributed by atoms with Gasteiger partial charge in [-0.2, -0.15) is 0 Å². The van der Waals surface area contributed by atoms with Crippen molar-refractivity contribution in [3.05, 3.63) is 64.4 Å². The largest absolute Gasteiger partial charge is 0.390 e. The first-order chi connectivity index (χ1) is 14.1. The van der Waals surface area contributed by atoms with Crippen molar-refractivity contribution >= 4 is 28.5 Å². The molecule has 2 aromatic carbocycles. The standard InChI is InChI=1S/C22H25ClN4O2/c23-17-5-6-19-20(11-17)26-21(25-19)7-8-22(29)24-12-18(28)14-27-10-9-15-3-1-2-4-16(15)13-27/h1-6,11,18,28H,7-10,12-14H2,(H,24,29)(H,25,26)/t18-/m1/s1. The third-order valence-electron chi connectivity index (χ3n) is 5.30. The molecule has 3 aromatic rings. The predicted molar refractivity (Wildman–Crippen MR) is 114 cm³/mol. The third-order valence-corrected chi connectivity index (χ3v) is 5.53. The molecule has 0 aliphatic carbocycles. The normalized spacial score (nSPS) is 15.2. The highest BCUT2D eigenvalue weighted by Gasteiger charge is 2.18. The summed E-state index contributed by atoms with van der Waals surface area (Å²) in [5.41, 5.74) is 4.41. The number of rotatable bonds is 7. The number of imidazole rings is 1. The monoisotopic (exact) mass is 412 g/mol. The lowest BCUT2D eigenvalue weighted by atomic mass is 10.00. The van der Waals surface area contributed by atoms with Crippen molar-refractivity contribution in [3.8, 4) is 0 Å². The summed E-state index contributed by atoms with van der Waals surface area (Å²) in [5, 5.41) is 13.8. The lowest BCUT2D eigenvalue weighted by Crippen LogP contribution is -2.42. The summed E-state index contributed by atoms with van der Waals surface area (Å²) < 4.78 is 0. The zero-order valence-corrected chi connectivity index (χ0v) is 17.0. The lowest BCUT2D eigenvalue weighted by Gasteiger charge is -2.30. The third kappa shape index (κ3) is 5.15. The van der Waals surface area contributed by atoms with E-state index in [4.69, 9.17) is 11.6 Å². The number of aromatic amines is 1. The Hall–Kier alpha value is -2.41. The molecule has 0 spiro atoms. The highest BCUT2D eigenvalue weighted by molar-refractivity contribution is 6.31. The van der Waals surface area contributed by atoms with Crippen molar-refractivity contribution in [2.75, 3.05) is 19.6 Å². The van der Waals surface area contributed by atoms with Crippen LogP contribution in [0, 0.1) is 0 Å². The van der Waals surface area contributed by atoms with Crippen LogP contribution in [-0.2, 0) is 24.2 Å². The number of aromatic nitrogens is 2. The van der Waals surface area contributed by atoms with Crippen LogP contribution in [0.3, 0.4) is 0 Å². The predicted octanol–water partition coefficient (Wildman–Crippen LogP) is 2.68. The van der Waals surface area contributed by atoms with Crippen LogP contribution in [0.15, 0.2) is 42.5 Å². The maximum absolute atomic E-state index is 12.1. The lowest BCUT2D eigenvalue weighted by molar-refractivity contribution is -0.121. The molecule has 1 amide bonds. The summed E-state index contributed by atoms with van der Waals surface area (Å²) in [4.78, 5) is 22.0. The van der Waals surface area contributed by atoms with Crippen LogP contribution in [0.2, 0.25) is 5.02 Å². The fourth-order valence-corrected chi connectivity index (χ4v) is 3.95. The van der Waals surface area contributed by atoms with Gasteiger partial charge in [0.2, 0.25) is 5.91 Å². The molecule has 0 radical (unpaired) electrons. The number of H-pyrrole nitrogens is 1. The first kappa shape index (κ1) is 19.9. The molecule has 1 aliphatic heterocycles. The van der Waals surface area contributed by atoms with Crippen molar-refractivity contribution in [1.82, 2.24) is 20.2 Å². The molecule has 0 unspecified atom stereocenters. The molecule has 0 saturated heterocycles. The summed E-state index contributed by atoms with van der Waals surface area (Å²) in [5.74, 6) is 0.663. The van der Waals surface area contributed by atoms with E-state index in [1.54, 1.807) is 6.07 Å². The van der Waals surface area contributed by atoms with E-state index in [-0.39, 0.29) is 12.5 Å². The molecule has 0 bridgehead atoms. The van der Waals surface area contributed by atoms with E-state index in [0.717, 1.165) is 36.4 Å². The number of β-amino-alcohol motifs (C(OH)–C–C–N with tert-alkyl or cyclic N) is 1. The van der Waals surface area contributed by atoms with Crippen molar-refractivity contribution in [1.29, 1.82) is 0 Å². The molecule has 1 atom stereocenters. The van der Waals surface area contributed by atoms with Crippen molar-refractivity contribution < 1.29 is 9.90 Å². The highest BCUT2D eigenvalue weighted by atomic mass is 35.5. The highest BCUT2D eigenvalue weighted by Crippen LogP contribution is 2.19. The molecule has 0 fully saturated rings. The maximum atomic E-state index is 12.1. The van der Waals surface area contributed by atoms with Crippen molar-refractivity contribution in [2.24, 2.45) is 0 Å². The van der Waals surface area contributed by atoms with E-state index in [2.05, 4.69) is 44.5 Å². The SMILES string of the molecule is O=C(CCc1nc2ccc(Cl)cc2[nH]1)NC[C@@H](O)CN1CCc2ccccc2C1. The molecule has 6 nitrogen and oxygen atoms in total. The van der Waals surface area contributed by atoms with Crippen LogP contribution in [0.4, 0.5) is 0 Å². The average molecular weight is 413 g/mol. The summed E-state index contributed by atoms with van der Waals surface area (Å²) in [6.45, 7) is 2.58. The molecule has 152 valence electrons. The number of aliphatic hydroxyl groups is 1. The van der Waals surface area contributed by atoms with Crippen molar-refractivity contribution in [2.45, 2.75) is 31.9 Å². The molecule has 1 aliphatic rings. The Morgan fingerprint density at radius 1 is 1.28 bits per heavy atom. The van der Waals surface area contributed by atoms with Crippen LogP contribution < -0.4 is 5.32 Å². The number of hydrogen-bond acceptors (Lipinski definition) is 4. The Kier molecular flexibility index (Phi) is 6.13. The molecule has 2 heterocycles. The average Bonchev–Trinajstić information content (AvgIpc) is 3.12. The second kappa shape index (κ2) is 8.95. The minimum Gasteiger partial charge on any atom is -0.390 e. The molecule has 3 N–H and O–H groups in total. The smallest absolute Gasteiger partial charge is 0.220 e. The molecular formula is C22H25ClN4O2. The summed E-state index contributed by atoms with van der Waals surface area (Å²) in [6.07, 6.45) is 1.24. The molecular weight excluding hydrogens is 388 g/mol. The Morgan fingerprint density at radius 3 is 2.97 bits per heavy atom. The number of nitrogens with one attached hydrogen (secondary N) is 2. The summed E-state index contributed by atoms with van der Waals surface area (Å²) >= 11 is 5.98. The van der Waals surface area contributed by atoms with Gasteiger partial charge in [-0.3, -0.25) is 9.69 Å². The molecule has 0 saturated carbocycles. The zero-order valence-electron chi connectivity index (χ0n) is 16.2. The van der Waals surface area contributed by atoms with E-state index in [1.165, 1.54) is 11.1 Å². The van der Waals surface area contributed by atoms with Gasteiger partial charge in [0.1, 0.15) is 5.82 Å². The fraction of sp³-hybridized carbons (Fsp3) is 0.364. The minimum absolute atomic E-state index is 0.0912. The molecule has 1 aromatic heterocycles. The Morgan fingerprint density at radius 2 is 2.10 bits per heavy atom. The quantitative estimate of drug-likeness (QED) is 0.557. The van der Waals surface area contributed by atoms with Gasteiger partial charge in [-0.05, 0) is 35.7 Å². The van der Waals surface area contributed by atoms with Gasteiger partial charge in [-0.15, -0.1) is 0 Å². The number of nitrogens with zero attached hydrogens (tertiary/aromatic N) is 2. The first-order valence-electron chi connectivity index (χ1n) is 9.95. The van der Waals surface area contributed by atoms with E-state index in [1.807, 2.05) is 12.1 Å². The number of carbonyl (C=O) groups excluding carboxylic acids is 1. The number of aryl methyl sites for hydroxylation is 1. The second-order valence-corrected chi connectivity index (χ2v) is 7.99. The summed E-state index contributed by atoms with van der Waals surface area (Å²) in [6, 6.07) is 13.9. The van der Waals surface area contributed by atoms with Crippen LogP contribution >= 0.6 is 11.6 Å². The van der Waals surface area contributed by atoms with E-state index < -0.39 is 6.10 Å². The Balaban J connectivity index is 1.20. The number of aliphatic hydroxyl groups excluding tert-OH is 1. The number of hydrogen-bond donors (Lipinski definition) is 3. The Bertz CT molecular complexity index is 1000. The summed E-state index contributed by atoms with van der Waals surface area (Å²) in [7, 11) is 0. The number of benzene rings is 2. The van der Waals surface area contributed by atoms with Crippen LogP contribution in [0.25, 0.3) is 11.0 Å². The van der Waals surface area contributed by atoms with Gasteiger partial charge < -0.3 is 15.4 Å². The first-order valence-corrected chi connectivity index (χ1v) is 10.3. The van der Waals surface area contributed by atoms with Gasteiger partial charge >= 0.3 is 0 Å². The van der Waals surface area contributed by atoms with Crippen LogP contribution in [0.5, 0.6) is 0 Å². The van der Waals surface area contributed by atoms with Crippen LogP contribution in [-0.4, -0.2) is 51.6 Å². The van der Waals surface area contributed by atoms with E-state index in [0.29, 0.717) is 24.4 Å². The van der Waals surface area contributed by atoms with E-state index >= 15 is 0 Å². The molecule has 29 heavy (non-hydrogen) atoms. The van der Waals surface area contributed by atoms with Gasteiger partial charge in [0.15, 0.2) is 0 Å². The Labute approximate surface area is 174 Å². The maximum Gasteiger partial charge on any atom is 0.220 e. The molecule has 7 heteroatoms. The van der Waals surface area contributed by atoms with Crippen LogP contribution in [0.1, 0.15) is 23.4 Å². The topological polar surface area (TPSA) is 81.2 Å². The van der Waals surface area contributed by atoms with Gasteiger partial charge in [0.05, 0.1) is 17.1 Å². The number of carbonyl (C=O) groups is 1. The number of amides is 1. The van der Waals surface area contributed by atoms with Gasteiger partial charge in [0.25, 0.3) is 0 Å². The van der Waals surface area contributed by atoms with E-state index in [9.17, 15) is 9.90 Å². The zero-order chi connectivity index (χ0) is 20.2. The minimum atomic E-state index is -0.586.